The lowest BCUT2D eigenvalue weighted by atomic mass is 10.1. The zero-order valence-corrected chi connectivity index (χ0v) is 16.5. The number of hydrogen-bond acceptors (Lipinski definition) is 3. The molecule has 0 spiro atoms. The highest BCUT2D eigenvalue weighted by Crippen LogP contribution is 2.25. The van der Waals surface area contributed by atoms with Crippen molar-refractivity contribution in [3.05, 3.63) is 89.8 Å². The van der Waals surface area contributed by atoms with Gasteiger partial charge in [0.05, 0.1) is 11.3 Å². The molecule has 4 rings (SSSR count). The van der Waals surface area contributed by atoms with Gasteiger partial charge in [0.15, 0.2) is 0 Å². The number of aryl methyl sites for hydroxylation is 1. The Morgan fingerprint density at radius 1 is 1.03 bits per heavy atom. The molecule has 0 aliphatic carbocycles. The largest absolute Gasteiger partial charge is 0.352 e. The Bertz CT molecular complexity index is 1070. The Hall–Kier alpha value is -3.38. The van der Waals surface area contributed by atoms with E-state index in [2.05, 4.69) is 15.5 Å². The lowest BCUT2D eigenvalue weighted by Gasteiger charge is -2.06. The van der Waals surface area contributed by atoms with Crippen LogP contribution in [0.5, 0.6) is 0 Å². The van der Waals surface area contributed by atoms with Gasteiger partial charge in [0.2, 0.25) is 0 Å². The molecule has 4 aromatic rings. The number of halogens is 1. The first-order valence-corrected chi connectivity index (χ1v) is 9.75. The topological polar surface area (TPSA) is 64.7 Å². The van der Waals surface area contributed by atoms with Crippen molar-refractivity contribution in [2.24, 2.45) is 0 Å². The monoisotopic (exact) mass is 405 g/mol. The minimum atomic E-state index is -0.155. The SMILES string of the molecule is O=C(NCCCn1cccn1)c1cn(-c2ccccc2)nc1-c1ccc(Cl)cc1. The van der Waals surface area contributed by atoms with Crippen LogP contribution in [0.25, 0.3) is 16.9 Å². The van der Waals surface area contributed by atoms with Gasteiger partial charge in [-0.15, -0.1) is 0 Å². The number of amides is 1. The van der Waals surface area contributed by atoms with Gasteiger partial charge in [0.1, 0.15) is 5.69 Å². The van der Waals surface area contributed by atoms with Crippen LogP contribution in [0.2, 0.25) is 5.02 Å². The third kappa shape index (κ3) is 4.55. The van der Waals surface area contributed by atoms with Crippen LogP contribution in [-0.4, -0.2) is 32.0 Å². The number of nitrogens with one attached hydrogen (secondary N) is 1. The molecular weight excluding hydrogens is 386 g/mol. The Balaban J connectivity index is 1.55. The quantitative estimate of drug-likeness (QED) is 0.468. The first-order valence-electron chi connectivity index (χ1n) is 9.37. The Kier molecular flexibility index (Phi) is 5.72. The van der Waals surface area contributed by atoms with E-state index in [4.69, 9.17) is 11.6 Å². The maximum atomic E-state index is 12.9. The average molecular weight is 406 g/mol. The maximum Gasteiger partial charge on any atom is 0.255 e. The molecule has 0 radical (unpaired) electrons. The number of carbonyl (C=O) groups excluding carboxylic acids is 1. The molecule has 2 aromatic carbocycles. The standard InChI is InChI=1S/C22H20ClN5O/c23-18-10-8-17(9-11-18)21-20(16-28(26-21)19-6-2-1-3-7-19)22(29)24-12-4-14-27-15-5-13-25-27/h1-3,5-11,13,15-16H,4,12,14H2,(H,24,29). The molecule has 1 N–H and O–H groups in total. The van der Waals surface area contributed by atoms with E-state index in [-0.39, 0.29) is 5.91 Å². The van der Waals surface area contributed by atoms with Gasteiger partial charge in [-0.1, -0.05) is 41.9 Å². The second kappa shape index (κ2) is 8.75. The van der Waals surface area contributed by atoms with Crippen molar-refractivity contribution in [1.82, 2.24) is 24.9 Å². The molecule has 0 fully saturated rings. The van der Waals surface area contributed by atoms with Gasteiger partial charge >= 0.3 is 0 Å². The van der Waals surface area contributed by atoms with Gasteiger partial charge in [0, 0.05) is 42.3 Å². The molecule has 29 heavy (non-hydrogen) atoms. The van der Waals surface area contributed by atoms with Crippen molar-refractivity contribution < 1.29 is 4.79 Å². The third-order valence-corrected chi connectivity index (χ3v) is 4.76. The third-order valence-electron chi connectivity index (χ3n) is 4.51. The smallest absolute Gasteiger partial charge is 0.255 e. The summed E-state index contributed by atoms with van der Waals surface area (Å²) in [5.74, 6) is -0.155. The zero-order valence-electron chi connectivity index (χ0n) is 15.7. The zero-order chi connectivity index (χ0) is 20.1. The van der Waals surface area contributed by atoms with Gasteiger partial charge in [-0.05, 0) is 36.8 Å². The molecule has 146 valence electrons. The molecule has 0 aliphatic heterocycles. The van der Waals surface area contributed by atoms with E-state index in [0.717, 1.165) is 24.2 Å². The molecule has 1 amide bonds. The number of benzene rings is 2. The predicted molar refractivity (Wildman–Crippen MR) is 113 cm³/mol. The molecule has 2 aromatic heterocycles. The Labute approximate surface area is 173 Å². The van der Waals surface area contributed by atoms with Crippen molar-refractivity contribution in [3.63, 3.8) is 0 Å². The predicted octanol–water partition coefficient (Wildman–Crippen LogP) is 4.21. The Morgan fingerprint density at radius 2 is 1.83 bits per heavy atom. The van der Waals surface area contributed by atoms with E-state index in [9.17, 15) is 4.79 Å². The van der Waals surface area contributed by atoms with E-state index in [1.54, 1.807) is 29.2 Å². The van der Waals surface area contributed by atoms with Crippen molar-refractivity contribution in [3.8, 4) is 16.9 Å². The summed E-state index contributed by atoms with van der Waals surface area (Å²) in [4.78, 5) is 12.9. The van der Waals surface area contributed by atoms with Crippen LogP contribution < -0.4 is 5.32 Å². The summed E-state index contributed by atoms with van der Waals surface area (Å²) in [5.41, 5.74) is 2.87. The van der Waals surface area contributed by atoms with Gasteiger partial charge < -0.3 is 5.32 Å². The van der Waals surface area contributed by atoms with Gasteiger partial charge in [-0.3, -0.25) is 9.48 Å². The fourth-order valence-electron chi connectivity index (χ4n) is 3.04. The molecular formula is C22H20ClN5O. The first kappa shape index (κ1) is 19.0. The highest BCUT2D eigenvalue weighted by atomic mass is 35.5. The minimum Gasteiger partial charge on any atom is -0.352 e. The van der Waals surface area contributed by atoms with Crippen molar-refractivity contribution in [1.29, 1.82) is 0 Å². The summed E-state index contributed by atoms with van der Waals surface area (Å²) < 4.78 is 3.57. The number of hydrogen-bond donors (Lipinski definition) is 1. The van der Waals surface area contributed by atoms with Gasteiger partial charge in [-0.2, -0.15) is 10.2 Å². The second-order valence-corrected chi connectivity index (χ2v) is 6.99. The number of rotatable bonds is 7. The molecule has 6 nitrogen and oxygen atoms in total. The number of carbonyl (C=O) groups is 1. The lowest BCUT2D eigenvalue weighted by Crippen LogP contribution is -2.25. The van der Waals surface area contributed by atoms with Crippen LogP contribution >= 0.6 is 11.6 Å². The molecule has 0 atom stereocenters. The summed E-state index contributed by atoms with van der Waals surface area (Å²) in [6.07, 6.45) is 6.21. The van der Waals surface area contributed by atoms with E-state index < -0.39 is 0 Å². The van der Waals surface area contributed by atoms with E-state index in [1.807, 2.05) is 59.4 Å². The van der Waals surface area contributed by atoms with Crippen LogP contribution in [0.3, 0.4) is 0 Å². The van der Waals surface area contributed by atoms with Crippen LogP contribution in [0.4, 0.5) is 0 Å². The van der Waals surface area contributed by atoms with E-state index in [0.29, 0.717) is 22.8 Å². The maximum absolute atomic E-state index is 12.9. The van der Waals surface area contributed by atoms with Crippen molar-refractivity contribution >= 4 is 17.5 Å². The number of nitrogens with zero attached hydrogens (tertiary/aromatic N) is 4. The summed E-state index contributed by atoms with van der Waals surface area (Å²) >= 11 is 6.02. The van der Waals surface area contributed by atoms with Crippen LogP contribution in [-0.2, 0) is 6.54 Å². The first-order chi connectivity index (χ1) is 14.2. The molecule has 0 bridgehead atoms. The van der Waals surface area contributed by atoms with Crippen LogP contribution in [0.1, 0.15) is 16.8 Å². The average Bonchev–Trinajstić information content (AvgIpc) is 3.42. The highest BCUT2D eigenvalue weighted by molar-refractivity contribution is 6.30. The molecule has 0 aliphatic rings. The summed E-state index contributed by atoms with van der Waals surface area (Å²) in [5, 5.41) is 12.5. The fourth-order valence-corrected chi connectivity index (χ4v) is 3.17. The lowest BCUT2D eigenvalue weighted by molar-refractivity contribution is 0.0953. The fraction of sp³-hybridized carbons (Fsp3) is 0.136. The molecule has 0 saturated carbocycles. The highest BCUT2D eigenvalue weighted by Gasteiger charge is 2.18. The summed E-state index contributed by atoms with van der Waals surface area (Å²) in [7, 11) is 0. The Morgan fingerprint density at radius 3 is 2.55 bits per heavy atom. The van der Waals surface area contributed by atoms with Crippen molar-refractivity contribution in [2.45, 2.75) is 13.0 Å². The molecule has 7 heteroatoms. The normalized spacial score (nSPS) is 10.8. The van der Waals surface area contributed by atoms with Crippen LogP contribution in [0, 0.1) is 0 Å². The van der Waals surface area contributed by atoms with E-state index >= 15 is 0 Å². The summed E-state index contributed by atoms with van der Waals surface area (Å²) in [6, 6.07) is 18.9. The molecule has 0 unspecified atom stereocenters. The molecule has 0 saturated heterocycles. The summed E-state index contributed by atoms with van der Waals surface area (Å²) in [6.45, 7) is 1.30. The second-order valence-electron chi connectivity index (χ2n) is 6.56. The number of para-hydroxylation sites is 1. The number of aromatic nitrogens is 4. The van der Waals surface area contributed by atoms with Gasteiger partial charge in [-0.25, -0.2) is 4.68 Å². The van der Waals surface area contributed by atoms with E-state index in [1.165, 1.54) is 0 Å². The molecule has 2 heterocycles. The van der Waals surface area contributed by atoms with Gasteiger partial charge in [0.25, 0.3) is 5.91 Å². The minimum absolute atomic E-state index is 0.155. The van der Waals surface area contributed by atoms with Crippen molar-refractivity contribution in [2.75, 3.05) is 6.54 Å². The van der Waals surface area contributed by atoms with Crippen LogP contribution in [0.15, 0.2) is 79.3 Å².